The zero-order valence-corrected chi connectivity index (χ0v) is 18.4. The quantitative estimate of drug-likeness (QED) is 0.738. The molecular formula is C26H36N2O2. The molecule has 4 nitrogen and oxygen atoms in total. The summed E-state index contributed by atoms with van der Waals surface area (Å²) >= 11 is 0. The van der Waals surface area contributed by atoms with Gasteiger partial charge in [0.05, 0.1) is 12.5 Å². The van der Waals surface area contributed by atoms with E-state index in [9.17, 15) is 4.79 Å². The normalized spacial score (nSPS) is 31.8. The first-order valence-corrected chi connectivity index (χ1v) is 12.1. The summed E-state index contributed by atoms with van der Waals surface area (Å²) in [4.78, 5) is 17.7. The van der Waals surface area contributed by atoms with Crippen LogP contribution in [0.4, 0.5) is 0 Å². The molecule has 30 heavy (non-hydrogen) atoms. The monoisotopic (exact) mass is 408 g/mol. The molecule has 3 saturated heterocycles. The van der Waals surface area contributed by atoms with E-state index in [1.54, 1.807) is 0 Å². The molecule has 1 aliphatic carbocycles. The third kappa shape index (κ3) is 4.09. The number of rotatable bonds is 5. The molecule has 5 rings (SSSR count). The Bertz CT molecular complexity index is 781. The highest BCUT2D eigenvalue weighted by atomic mass is 16.5. The molecule has 0 bridgehead atoms. The fourth-order valence-corrected chi connectivity index (χ4v) is 6.08. The molecule has 1 aromatic carbocycles. The van der Waals surface area contributed by atoms with Gasteiger partial charge in [-0.2, -0.15) is 0 Å². The molecule has 0 saturated carbocycles. The van der Waals surface area contributed by atoms with Crippen LogP contribution < -0.4 is 0 Å². The van der Waals surface area contributed by atoms with Crippen molar-refractivity contribution in [3.05, 3.63) is 41.5 Å². The van der Waals surface area contributed by atoms with Crippen LogP contribution >= 0.6 is 0 Å². The number of ether oxygens (including phenoxy) is 1. The minimum Gasteiger partial charge on any atom is -0.381 e. The first-order valence-electron chi connectivity index (χ1n) is 12.1. The molecule has 4 aliphatic rings. The Kier molecular flexibility index (Phi) is 5.97. The summed E-state index contributed by atoms with van der Waals surface area (Å²) in [6.45, 7) is 7.98. The predicted octanol–water partition coefficient (Wildman–Crippen LogP) is 4.00. The van der Waals surface area contributed by atoms with E-state index >= 15 is 0 Å². The summed E-state index contributed by atoms with van der Waals surface area (Å²) in [7, 11) is 0. The average molecular weight is 409 g/mol. The lowest BCUT2D eigenvalue weighted by atomic mass is 9.78. The number of allylic oxidation sites excluding steroid dienone is 1. The summed E-state index contributed by atoms with van der Waals surface area (Å²) in [6.07, 6.45) is 9.53. The highest BCUT2D eigenvalue weighted by Crippen LogP contribution is 2.42. The molecule has 1 aromatic rings. The number of carbonyl (C=O) groups excluding carboxylic acids is 1. The van der Waals surface area contributed by atoms with Crippen molar-refractivity contribution in [1.29, 1.82) is 0 Å². The van der Waals surface area contributed by atoms with E-state index in [0.717, 1.165) is 45.0 Å². The average Bonchev–Trinajstić information content (AvgIpc) is 3.52. The number of hydrogen-bond donors (Lipinski definition) is 0. The molecule has 0 radical (unpaired) electrons. The van der Waals surface area contributed by atoms with Crippen LogP contribution in [0.1, 0.15) is 50.2 Å². The van der Waals surface area contributed by atoms with Gasteiger partial charge in [0.25, 0.3) is 0 Å². The van der Waals surface area contributed by atoms with E-state index in [-0.39, 0.29) is 5.92 Å². The van der Waals surface area contributed by atoms with Crippen molar-refractivity contribution in [2.75, 3.05) is 39.4 Å². The van der Waals surface area contributed by atoms with E-state index in [1.807, 2.05) is 0 Å². The molecule has 3 heterocycles. The second-order valence-corrected chi connectivity index (χ2v) is 9.88. The number of fused-ring (bicyclic) bond motifs is 1. The highest BCUT2D eigenvalue weighted by molar-refractivity contribution is 5.80. The maximum atomic E-state index is 12.9. The van der Waals surface area contributed by atoms with Crippen LogP contribution in [0.5, 0.6) is 0 Å². The Morgan fingerprint density at radius 3 is 2.73 bits per heavy atom. The summed E-state index contributed by atoms with van der Waals surface area (Å²) in [5, 5.41) is 0. The summed E-state index contributed by atoms with van der Waals surface area (Å²) in [6, 6.07) is 10.1. The van der Waals surface area contributed by atoms with E-state index in [2.05, 4.69) is 47.1 Å². The van der Waals surface area contributed by atoms with Gasteiger partial charge < -0.3 is 14.5 Å². The Hall–Kier alpha value is -1.65. The SMILES string of the molecule is CC1CCCN1CCc1ccc(C2=CCCC3CN(C(=O)C4CCOC4)CC23)cc1. The lowest BCUT2D eigenvalue weighted by Crippen LogP contribution is -2.35. The molecule has 162 valence electrons. The minimum absolute atomic E-state index is 0.0928. The molecule has 3 aliphatic heterocycles. The van der Waals surface area contributed by atoms with Gasteiger partial charge in [-0.1, -0.05) is 30.3 Å². The lowest BCUT2D eigenvalue weighted by molar-refractivity contribution is -0.134. The van der Waals surface area contributed by atoms with Gasteiger partial charge in [-0.15, -0.1) is 0 Å². The van der Waals surface area contributed by atoms with E-state index in [0.29, 0.717) is 24.3 Å². The molecule has 0 spiro atoms. The van der Waals surface area contributed by atoms with Crippen LogP contribution in [0.25, 0.3) is 5.57 Å². The summed E-state index contributed by atoms with van der Waals surface area (Å²) in [5.74, 6) is 1.54. The zero-order valence-electron chi connectivity index (χ0n) is 18.4. The third-order valence-electron chi connectivity index (χ3n) is 8.00. The standard InChI is InChI=1S/C26H36N2O2/c1-19-4-3-13-27(19)14-11-20-7-9-21(10-8-20)24-6-2-5-22-16-28(17-25(22)24)26(29)23-12-15-30-18-23/h6-10,19,22-23,25H,2-5,11-18H2,1H3. The van der Waals surface area contributed by atoms with Crippen molar-refractivity contribution in [3.8, 4) is 0 Å². The van der Waals surface area contributed by atoms with E-state index in [1.165, 1.54) is 49.1 Å². The molecule has 0 N–H and O–H groups in total. The molecule has 0 aromatic heterocycles. The number of benzene rings is 1. The molecule has 1 amide bonds. The first-order chi connectivity index (χ1) is 14.7. The van der Waals surface area contributed by atoms with Crippen LogP contribution in [-0.2, 0) is 16.0 Å². The van der Waals surface area contributed by atoms with E-state index in [4.69, 9.17) is 4.74 Å². The fraction of sp³-hybridized carbons (Fsp3) is 0.654. The Labute approximate surface area is 181 Å². The van der Waals surface area contributed by atoms with Gasteiger partial charge >= 0.3 is 0 Å². The summed E-state index contributed by atoms with van der Waals surface area (Å²) in [5.41, 5.74) is 4.28. The molecule has 4 heteroatoms. The first kappa shape index (κ1) is 20.3. The van der Waals surface area contributed by atoms with Crippen LogP contribution in [0.15, 0.2) is 30.3 Å². The van der Waals surface area contributed by atoms with Gasteiger partial charge in [-0.3, -0.25) is 4.79 Å². The smallest absolute Gasteiger partial charge is 0.228 e. The predicted molar refractivity (Wildman–Crippen MR) is 120 cm³/mol. The van der Waals surface area contributed by atoms with Crippen molar-refractivity contribution < 1.29 is 9.53 Å². The van der Waals surface area contributed by atoms with Crippen LogP contribution in [0.2, 0.25) is 0 Å². The molecular weight excluding hydrogens is 372 g/mol. The van der Waals surface area contributed by atoms with Gasteiger partial charge in [0, 0.05) is 38.2 Å². The van der Waals surface area contributed by atoms with E-state index < -0.39 is 0 Å². The van der Waals surface area contributed by atoms with Gasteiger partial charge in [0.2, 0.25) is 5.91 Å². The topological polar surface area (TPSA) is 32.8 Å². The number of nitrogens with zero attached hydrogens (tertiary/aromatic N) is 2. The molecule has 4 atom stereocenters. The second-order valence-electron chi connectivity index (χ2n) is 9.88. The maximum Gasteiger partial charge on any atom is 0.228 e. The van der Waals surface area contributed by atoms with Gasteiger partial charge in [0.1, 0.15) is 0 Å². The zero-order chi connectivity index (χ0) is 20.5. The molecule has 4 unspecified atom stereocenters. The van der Waals surface area contributed by atoms with Crippen LogP contribution in [-0.4, -0.2) is 61.1 Å². The maximum absolute atomic E-state index is 12.9. The van der Waals surface area contributed by atoms with Gasteiger partial charge in [0.15, 0.2) is 0 Å². The minimum atomic E-state index is 0.0928. The van der Waals surface area contributed by atoms with Crippen molar-refractivity contribution in [1.82, 2.24) is 9.80 Å². The van der Waals surface area contributed by atoms with Crippen molar-refractivity contribution >= 4 is 11.5 Å². The van der Waals surface area contributed by atoms with Crippen molar-refractivity contribution in [3.63, 3.8) is 0 Å². The number of amides is 1. The van der Waals surface area contributed by atoms with Gasteiger partial charge in [-0.25, -0.2) is 0 Å². The Balaban J connectivity index is 1.22. The largest absolute Gasteiger partial charge is 0.381 e. The Morgan fingerprint density at radius 2 is 2.00 bits per heavy atom. The van der Waals surface area contributed by atoms with Crippen molar-refractivity contribution in [2.45, 2.75) is 51.5 Å². The van der Waals surface area contributed by atoms with Gasteiger partial charge in [-0.05, 0) is 74.6 Å². The number of likely N-dealkylation sites (tertiary alicyclic amines) is 2. The van der Waals surface area contributed by atoms with Crippen molar-refractivity contribution in [2.24, 2.45) is 17.8 Å². The van der Waals surface area contributed by atoms with Crippen LogP contribution in [0.3, 0.4) is 0 Å². The summed E-state index contributed by atoms with van der Waals surface area (Å²) < 4.78 is 5.45. The Morgan fingerprint density at radius 1 is 1.13 bits per heavy atom. The van der Waals surface area contributed by atoms with Crippen LogP contribution in [0, 0.1) is 17.8 Å². The number of hydrogen-bond acceptors (Lipinski definition) is 3. The fourth-order valence-electron chi connectivity index (χ4n) is 6.08. The highest BCUT2D eigenvalue weighted by Gasteiger charge is 2.41. The lowest BCUT2D eigenvalue weighted by Gasteiger charge is -2.26. The number of carbonyl (C=O) groups is 1. The third-order valence-corrected chi connectivity index (χ3v) is 8.00. The molecule has 3 fully saturated rings. The second kappa shape index (κ2) is 8.84.